The maximum Gasteiger partial charge on any atom is 0.311 e. The molecule has 0 unspecified atom stereocenters. The average Bonchev–Trinajstić information content (AvgIpc) is 2.53. The van der Waals surface area contributed by atoms with Gasteiger partial charge in [-0.3, -0.25) is 9.59 Å². The summed E-state index contributed by atoms with van der Waals surface area (Å²) in [4.78, 5) is 25.3. The third-order valence-electron chi connectivity index (χ3n) is 3.23. The maximum atomic E-state index is 11.9. The van der Waals surface area contributed by atoms with Gasteiger partial charge in [0.15, 0.2) is 0 Å². The van der Waals surface area contributed by atoms with Crippen LogP contribution in [0, 0.1) is 0 Å². The average molecular weight is 277 g/mol. The summed E-state index contributed by atoms with van der Waals surface area (Å²) in [5, 5.41) is 5.78. The van der Waals surface area contributed by atoms with Gasteiger partial charge >= 0.3 is 11.8 Å². The van der Waals surface area contributed by atoms with Gasteiger partial charge in [-0.05, 0) is 6.07 Å². The van der Waals surface area contributed by atoms with Crippen LogP contribution < -0.4 is 15.4 Å². The van der Waals surface area contributed by atoms with Crippen LogP contribution in [0.2, 0.25) is 0 Å². The second-order valence-electron chi connectivity index (χ2n) is 4.54. The van der Waals surface area contributed by atoms with Crippen molar-refractivity contribution in [3.05, 3.63) is 29.8 Å². The van der Waals surface area contributed by atoms with Gasteiger partial charge in [-0.1, -0.05) is 18.2 Å². The first-order valence-corrected chi connectivity index (χ1v) is 6.62. The molecule has 1 saturated heterocycles. The van der Waals surface area contributed by atoms with E-state index in [2.05, 4.69) is 10.6 Å². The molecule has 0 radical (unpaired) electrons. The Kier molecular flexibility index (Phi) is 4.95. The maximum absolute atomic E-state index is 11.9. The number of nitrogens with one attached hydrogen (secondary N) is 2. The number of hydrogen-bond donors (Lipinski definition) is 2. The van der Waals surface area contributed by atoms with E-state index in [0.717, 1.165) is 18.7 Å². The molecule has 1 aliphatic heterocycles. The highest BCUT2D eigenvalue weighted by molar-refractivity contribution is 6.35. The number of piperazine rings is 1. The number of amides is 2. The van der Waals surface area contributed by atoms with E-state index in [0.29, 0.717) is 18.8 Å². The minimum absolute atomic E-state index is 0.278. The standard InChI is InChI=1S/C14H19N3O3/c1-20-12-5-3-2-4-11(12)10-16-13(18)14(19)17-8-6-15-7-9-17/h2-5,15H,6-10H2,1H3,(H,16,18). The molecule has 2 N–H and O–H groups in total. The Morgan fingerprint density at radius 1 is 1.30 bits per heavy atom. The van der Waals surface area contributed by atoms with Crippen LogP contribution in [0.3, 0.4) is 0 Å². The van der Waals surface area contributed by atoms with Gasteiger partial charge in [0.25, 0.3) is 0 Å². The highest BCUT2D eigenvalue weighted by Gasteiger charge is 2.22. The number of ether oxygens (including phenoxy) is 1. The molecule has 0 aromatic heterocycles. The fourth-order valence-corrected chi connectivity index (χ4v) is 2.11. The van der Waals surface area contributed by atoms with Gasteiger partial charge in [0.1, 0.15) is 5.75 Å². The lowest BCUT2D eigenvalue weighted by atomic mass is 10.2. The molecule has 6 nitrogen and oxygen atoms in total. The SMILES string of the molecule is COc1ccccc1CNC(=O)C(=O)N1CCNCC1. The number of methoxy groups -OCH3 is 1. The van der Waals surface area contributed by atoms with Gasteiger partial charge in [-0.25, -0.2) is 0 Å². The summed E-state index contributed by atoms with van der Waals surface area (Å²) in [6.07, 6.45) is 0. The van der Waals surface area contributed by atoms with Gasteiger partial charge in [-0.2, -0.15) is 0 Å². The van der Waals surface area contributed by atoms with Crippen LogP contribution in [0.25, 0.3) is 0 Å². The van der Waals surface area contributed by atoms with Crippen LogP contribution in [0.1, 0.15) is 5.56 Å². The van der Waals surface area contributed by atoms with Gasteiger partial charge in [0.05, 0.1) is 7.11 Å². The first kappa shape index (κ1) is 14.3. The highest BCUT2D eigenvalue weighted by atomic mass is 16.5. The lowest BCUT2D eigenvalue weighted by molar-refractivity contribution is -0.146. The number of hydrogen-bond acceptors (Lipinski definition) is 4. The van der Waals surface area contributed by atoms with Crippen molar-refractivity contribution in [2.45, 2.75) is 6.54 Å². The second-order valence-corrected chi connectivity index (χ2v) is 4.54. The number of carbonyl (C=O) groups excluding carboxylic acids is 2. The largest absolute Gasteiger partial charge is 0.496 e. The molecular formula is C14H19N3O3. The minimum atomic E-state index is -0.571. The third-order valence-corrected chi connectivity index (χ3v) is 3.23. The summed E-state index contributed by atoms with van der Waals surface area (Å²) in [5.74, 6) is -0.346. The zero-order valence-corrected chi connectivity index (χ0v) is 11.5. The van der Waals surface area contributed by atoms with Crippen LogP contribution in [0.15, 0.2) is 24.3 Å². The van der Waals surface area contributed by atoms with Gasteiger partial charge in [0, 0.05) is 38.3 Å². The van der Waals surface area contributed by atoms with E-state index >= 15 is 0 Å². The number of carbonyl (C=O) groups is 2. The van der Waals surface area contributed by atoms with Crippen molar-refractivity contribution in [1.82, 2.24) is 15.5 Å². The van der Waals surface area contributed by atoms with E-state index in [-0.39, 0.29) is 6.54 Å². The molecule has 1 heterocycles. The molecule has 1 aromatic rings. The number of rotatable bonds is 3. The molecule has 0 aliphatic carbocycles. The molecule has 0 saturated carbocycles. The summed E-state index contributed by atoms with van der Waals surface area (Å²) in [5.41, 5.74) is 0.844. The van der Waals surface area contributed by atoms with Crippen molar-refractivity contribution in [3.63, 3.8) is 0 Å². The predicted octanol–water partition coefficient (Wildman–Crippen LogP) is -0.257. The Morgan fingerprint density at radius 3 is 2.70 bits per heavy atom. The molecule has 1 aromatic carbocycles. The second kappa shape index (κ2) is 6.91. The fraction of sp³-hybridized carbons (Fsp3) is 0.429. The van der Waals surface area contributed by atoms with Crippen LogP contribution in [-0.4, -0.2) is 50.0 Å². The van der Waals surface area contributed by atoms with Crippen molar-refractivity contribution in [1.29, 1.82) is 0 Å². The Labute approximate surface area is 118 Å². The number of para-hydroxylation sites is 1. The summed E-state index contributed by atoms with van der Waals surface area (Å²) >= 11 is 0. The van der Waals surface area contributed by atoms with E-state index in [1.807, 2.05) is 24.3 Å². The smallest absolute Gasteiger partial charge is 0.311 e. The summed E-state index contributed by atoms with van der Waals surface area (Å²) < 4.78 is 5.20. The first-order valence-electron chi connectivity index (χ1n) is 6.62. The normalized spacial score (nSPS) is 14.8. The van der Waals surface area contributed by atoms with E-state index < -0.39 is 11.8 Å². The molecule has 20 heavy (non-hydrogen) atoms. The lowest BCUT2D eigenvalue weighted by Gasteiger charge is -2.26. The van der Waals surface area contributed by atoms with Crippen LogP contribution in [-0.2, 0) is 16.1 Å². The van der Waals surface area contributed by atoms with E-state index in [1.165, 1.54) is 0 Å². The van der Waals surface area contributed by atoms with Crippen molar-refractivity contribution in [2.24, 2.45) is 0 Å². The monoisotopic (exact) mass is 277 g/mol. The molecule has 2 rings (SSSR count). The van der Waals surface area contributed by atoms with E-state index in [4.69, 9.17) is 4.74 Å². The zero-order chi connectivity index (χ0) is 14.4. The molecule has 0 spiro atoms. The minimum Gasteiger partial charge on any atom is -0.496 e. The van der Waals surface area contributed by atoms with Crippen LogP contribution >= 0.6 is 0 Å². The molecule has 108 valence electrons. The van der Waals surface area contributed by atoms with Crippen molar-refractivity contribution in [2.75, 3.05) is 33.3 Å². The topological polar surface area (TPSA) is 70.7 Å². The van der Waals surface area contributed by atoms with Crippen molar-refractivity contribution in [3.8, 4) is 5.75 Å². The highest BCUT2D eigenvalue weighted by Crippen LogP contribution is 2.16. The number of benzene rings is 1. The molecule has 0 atom stereocenters. The lowest BCUT2D eigenvalue weighted by Crippen LogP contribution is -2.51. The van der Waals surface area contributed by atoms with Gasteiger partial charge in [-0.15, -0.1) is 0 Å². The van der Waals surface area contributed by atoms with Gasteiger partial charge < -0.3 is 20.3 Å². The van der Waals surface area contributed by atoms with Crippen molar-refractivity contribution >= 4 is 11.8 Å². The zero-order valence-electron chi connectivity index (χ0n) is 11.5. The Hall–Kier alpha value is -2.08. The Balaban J connectivity index is 1.89. The Morgan fingerprint density at radius 2 is 2.00 bits per heavy atom. The molecule has 0 bridgehead atoms. The van der Waals surface area contributed by atoms with Crippen LogP contribution in [0.5, 0.6) is 5.75 Å². The molecule has 1 fully saturated rings. The van der Waals surface area contributed by atoms with Crippen LogP contribution in [0.4, 0.5) is 0 Å². The summed E-state index contributed by atoms with van der Waals surface area (Å²) in [7, 11) is 1.58. The molecule has 6 heteroatoms. The molecule has 1 aliphatic rings. The van der Waals surface area contributed by atoms with E-state index in [9.17, 15) is 9.59 Å². The first-order chi connectivity index (χ1) is 9.72. The fourth-order valence-electron chi connectivity index (χ4n) is 2.11. The van der Waals surface area contributed by atoms with E-state index in [1.54, 1.807) is 12.0 Å². The predicted molar refractivity (Wildman–Crippen MR) is 74.3 cm³/mol. The summed E-state index contributed by atoms with van der Waals surface area (Å²) in [6.45, 7) is 2.87. The third kappa shape index (κ3) is 3.48. The number of nitrogens with zero attached hydrogens (tertiary/aromatic N) is 1. The quantitative estimate of drug-likeness (QED) is 0.747. The Bertz CT molecular complexity index is 484. The summed E-state index contributed by atoms with van der Waals surface area (Å²) in [6, 6.07) is 7.40. The molecular weight excluding hydrogens is 258 g/mol. The van der Waals surface area contributed by atoms with Crippen molar-refractivity contribution < 1.29 is 14.3 Å². The molecule has 2 amide bonds. The van der Waals surface area contributed by atoms with Gasteiger partial charge in [0.2, 0.25) is 0 Å².